The highest BCUT2D eigenvalue weighted by Gasteiger charge is 2.22. The number of oxime groups is 2. The second-order valence-corrected chi connectivity index (χ2v) is 30.5. The average molecular weight is 1680 g/mol. The summed E-state index contributed by atoms with van der Waals surface area (Å²) >= 11 is 13.7. The van der Waals surface area contributed by atoms with Crippen molar-refractivity contribution in [2.45, 2.75) is 46.6 Å². The van der Waals surface area contributed by atoms with Gasteiger partial charge in [-0.3, -0.25) is 37.8 Å². The standard InChI is InChI=1S/C21H18N2O2.C20H17N3O3.C19H12Cl2N2O2.C19H15N3O2.C19H14N2OS/c1-14-9-15(2)11-16(10-14)12-23-19-6-4-3-5-18(19)21(22-23)20-8-7-17(13-24)25-20;1-25-15-7-9-17-18(11-15)23(13-14-5-3-2-4-6-14)22-20(17)19-10-8-16(26-19)12-21-24;20-13-6-5-12(16(21)9-13)10-23-17-4-2-1-3-15(17)19(22-23)18-8-7-14(11-24)25-18;23-20-12-15-10-11-18(24-15)19-16-8-4-5-9-17(16)22(21-19)13-14-6-2-1-3-7-14;22-13-15-10-11-18(23-15)19-16-8-4-5-9-17(16)21(20-19)12-14-6-2-1-3-7-14/h3-11,13H,12H2,1-2H3;2-12,24H,13H2,1H3;1-9,11H,10H2;1-12,23H,13H2;1-11,13H,12H2. The molecule has 25 heteroatoms. The molecule has 0 aliphatic heterocycles. The van der Waals surface area contributed by atoms with Crippen LogP contribution in [0.5, 0.6) is 5.75 Å². The van der Waals surface area contributed by atoms with Crippen LogP contribution >= 0.6 is 34.5 Å². The molecule has 10 heterocycles. The first kappa shape index (κ1) is 81.4. The highest BCUT2D eigenvalue weighted by Crippen LogP contribution is 2.38. The predicted molar refractivity (Wildman–Crippen MR) is 481 cm³/mol. The summed E-state index contributed by atoms with van der Waals surface area (Å²) in [4.78, 5) is 34.5. The van der Waals surface area contributed by atoms with Crippen LogP contribution in [0, 0.1) is 13.8 Å². The predicted octanol–water partition coefficient (Wildman–Crippen LogP) is 23.2. The molecule has 20 aromatic rings. The lowest BCUT2D eigenvalue weighted by Gasteiger charge is -2.06. The SMILES string of the molecule is COc1ccc2c(-c3ccc(C=NO)o3)nn(Cc3ccccc3)c2c1.Cc1cc(C)cc(Cn2nc(-c3ccc(C=O)o3)c3ccccc32)c1.O=Cc1ccc(-c2nn(Cc3ccc(Cl)cc3Cl)c3ccccc23)o1.O=Cc1ccc(-c2nn(Cc3ccccc3)c3ccccc23)s1.ON=Cc1ccc(-c2nn(Cc3ccccc3)c3ccccc23)o1. The molecule has 0 fully saturated rings. The summed E-state index contributed by atoms with van der Waals surface area (Å²) < 4.78 is 37.7. The minimum atomic E-state index is 0.273. The van der Waals surface area contributed by atoms with Gasteiger partial charge in [-0.1, -0.05) is 233 Å². The van der Waals surface area contributed by atoms with Gasteiger partial charge in [-0.25, -0.2) is 0 Å². The maximum absolute atomic E-state index is 10.9. The molecule has 22 nitrogen and oxygen atoms in total. The van der Waals surface area contributed by atoms with Crippen molar-refractivity contribution in [1.29, 1.82) is 0 Å². The van der Waals surface area contributed by atoms with Gasteiger partial charge in [0.15, 0.2) is 53.4 Å². The monoisotopic (exact) mass is 1680 g/mol. The number of rotatable bonds is 21. The number of ether oxygens (including phenoxy) is 1. The van der Waals surface area contributed by atoms with Crippen molar-refractivity contribution in [3.63, 3.8) is 0 Å². The summed E-state index contributed by atoms with van der Waals surface area (Å²) in [5.41, 5.74) is 17.2. The van der Waals surface area contributed by atoms with Crippen molar-refractivity contribution in [3.8, 4) is 62.1 Å². The summed E-state index contributed by atoms with van der Waals surface area (Å²) in [6, 6.07) is 98.4. The molecular formula is C98H76Cl2N12O10S. The molecule has 0 unspecified atom stereocenters. The molecular weight excluding hydrogens is 1610 g/mol. The largest absolute Gasteiger partial charge is 0.497 e. The number of hydrogen-bond acceptors (Lipinski definition) is 18. The highest BCUT2D eigenvalue weighted by molar-refractivity contribution is 7.17. The second-order valence-electron chi connectivity index (χ2n) is 28.5. The number of halogens is 2. The third-order valence-electron chi connectivity index (χ3n) is 20.1. The molecule has 608 valence electrons. The van der Waals surface area contributed by atoms with Crippen molar-refractivity contribution < 1.29 is 47.2 Å². The molecule has 0 saturated carbocycles. The van der Waals surface area contributed by atoms with Gasteiger partial charge in [0.2, 0.25) is 0 Å². The van der Waals surface area contributed by atoms with E-state index in [0.717, 1.165) is 117 Å². The Morgan fingerprint density at radius 1 is 0.358 bits per heavy atom. The van der Waals surface area contributed by atoms with Crippen LogP contribution in [0.15, 0.2) is 331 Å². The normalized spacial score (nSPS) is 11.2. The molecule has 0 saturated heterocycles. The van der Waals surface area contributed by atoms with E-state index in [2.05, 4.69) is 102 Å². The first-order valence-corrected chi connectivity index (χ1v) is 40.6. The Morgan fingerprint density at radius 2 is 0.724 bits per heavy atom. The molecule has 0 atom stereocenters. The smallest absolute Gasteiger partial charge is 0.185 e. The maximum Gasteiger partial charge on any atom is 0.185 e. The first-order valence-electron chi connectivity index (χ1n) is 39.0. The number of benzene rings is 10. The summed E-state index contributed by atoms with van der Waals surface area (Å²) in [6.07, 6.45) is 4.77. The number of carbonyl (C=O) groups is 3. The van der Waals surface area contributed by atoms with Crippen molar-refractivity contribution in [2.24, 2.45) is 10.3 Å². The van der Waals surface area contributed by atoms with Crippen LogP contribution in [-0.4, -0.2) is 97.7 Å². The van der Waals surface area contributed by atoms with Crippen molar-refractivity contribution in [1.82, 2.24) is 48.9 Å². The molecule has 10 aromatic carbocycles. The van der Waals surface area contributed by atoms with Crippen LogP contribution in [0.1, 0.15) is 81.2 Å². The number of aromatic nitrogens is 10. The molecule has 0 amide bonds. The Labute approximate surface area is 718 Å². The number of thiophene rings is 1. The van der Waals surface area contributed by atoms with E-state index in [4.69, 9.17) is 76.4 Å². The number of hydrogen-bond donors (Lipinski definition) is 2. The zero-order chi connectivity index (χ0) is 84.7. The van der Waals surface area contributed by atoms with Crippen LogP contribution in [0.3, 0.4) is 0 Å². The van der Waals surface area contributed by atoms with E-state index in [9.17, 15) is 14.4 Å². The van der Waals surface area contributed by atoms with E-state index >= 15 is 0 Å². The molecule has 20 rings (SSSR count). The van der Waals surface area contributed by atoms with Gasteiger partial charge in [0.1, 0.15) is 58.2 Å². The number of furan rings is 4. The van der Waals surface area contributed by atoms with E-state index in [1.807, 2.05) is 205 Å². The summed E-state index contributed by atoms with van der Waals surface area (Å²) in [5.74, 6) is 4.71. The Bertz CT molecular complexity index is 7150. The number of methoxy groups -OCH3 is 1. The first-order chi connectivity index (χ1) is 60.3. The van der Waals surface area contributed by atoms with Crippen LogP contribution in [0.2, 0.25) is 10.0 Å². The summed E-state index contributed by atoms with van der Waals surface area (Å²) in [5, 5.41) is 53.3. The van der Waals surface area contributed by atoms with Crippen molar-refractivity contribution >= 4 is 120 Å². The van der Waals surface area contributed by atoms with Crippen molar-refractivity contribution in [2.75, 3.05) is 7.11 Å². The van der Waals surface area contributed by atoms with Crippen LogP contribution < -0.4 is 4.74 Å². The van der Waals surface area contributed by atoms with Crippen molar-refractivity contribution in [3.05, 3.63) is 380 Å². The fraction of sp³-hybridized carbons (Fsp3) is 0.0816. The molecule has 2 N–H and O–H groups in total. The highest BCUT2D eigenvalue weighted by atomic mass is 35.5. The third-order valence-corrected chi connectivity index (χ3v) is 21.7. The van der Waals surface area contributed by atoms with E-state index in [1.165, 1.54) is 51.6 Å². The van der Waals surface area contributed by atoms with Crippen LogP contribution in [0.4, 0.5) is 0 Å². The fourth-order valence-corrected chi connectivity index (χ4v) is 15.8. The van der Waals surface area contributed by atoms with Gasteiger partial charge in [0.05, 0.1) is 77.2 Å². The molecule has 0 aliphatic rings. The molecule has 10 aromatic heterocycles. The minimum absolute atomic E-state index is 0.273. The minimum Gasteiger partial charge on any atom is -0.497 e. The summed E-state index contributed by atoms with van der Waals surface area (Å²) in [7, 11) is 1.65. The number of para-hydroxylation sites is 4. The molecule has 0 radical (unpaired) electrons. The Balaban J connectivity index is 0.000000114. The van der Waals surface area contributed by atoms with E-state index in [-0.39, 0.29) is 5.76 Å². The number of aryl methyl sites for hydroxylation is 2. The Kier molecular flexibility index (Phi) is 25.0. The van der Waals surface area contributed by atoms with Gasteiger partial charge in [0.25, 0.3) is 0 Å². The Morgan fingerprint density at radius 3 is 1.11 bits per heavy atom. The number of fused-ring (bicyclic) bond motifs is 5. The van der Waals surface area contributed by atoms with E-state index < -0.39 is 0 Å². The summed E-state index contributed by atoms with van der Waals surface area (Å²) in [6.45, 7) is 7.44. The zero-order valence-corrected chi connectivity index (χ0v) is 68.8. The topological polar surface area (TPSA) is 267 Å². The maximum atomic E-state index is 10.9. The quantitative estimate of drug-likeness (QED) is 0.0293. The van der Waals surface area contributed by atoms with Gasteiger partial charge in [-0.2, -0.15) is 25.5 Å². The number of nitrogens with zero attached hydrogens (tertiary/aromatic N) is 12. The zero-order valence-electron chi connectivity index (χ0n) is 66.5. The molecule has 123 heavy (non-hydrogen) atoms. The third kappa shape index (κ3) is 18.8. The van der Waals surface area contributed by atoms with Gasteiger partial charge >= 0.3 is 0 Å². The van der Waals surface area contributed by atoms with Gasteiger partial charge in [-0.05, 0) is 151 Å². The Hall–Kier alpha value is -15.3. The molecule has 0 spiro atoms. The average Bonchev–Trinajstić information content (AvgIpc) is 1.60. The van der Waals surface area contributed by atoms with Crippen LogP contribution in [-0.2, 0) is 32.7 Å². The van der Waals surface area contributed by atoms with Crippen LogP contribution in [0.25, 0.3) is 111 Å². The second kappa shape index (κ2) is 37.8. The number of aldehydes is 3. The van der Waals surface area contributed by atoms with Gasteiger partial charge < -0.3 is 32.8 Å². The lowest BCUT2D eigenvalue weighted by molar-refractivity contribution is 0.109. The van der Waals surface area contributed by atoms with E-state index in [1.54, 1.807) is 55.6 Å². The van der Waals surface area contributed by atoms with E-state index in [0.29, 0.717) is 94.8 Å². The lowest BCUT2D eigenvalue weighted by Crippen LogP contribution is -2.02. The fourth-order valence-electron chi connectivity index (χ4n) is 14.6. The number of carbonyl (C=O) groups excluding carboxylic acids is 3. The van der Waals surface area contributed by atoms with Gasteiger partial charge in [-0.15, -0.1) is 11.3 Å². The molecule has 0 bridgehead atoms. The van der Waals surface area contributed by atoms with Gasteiger partial charge in [0, 0.05) is 43.0 Å². The lowest BCUT2D eigenvalue weighted by atomic mass is 10.1. The molecule has 0 aliphatic carbocycles.